The molecule has 2 atom stereocenters. The molecule has 1 aromatic heterocycles. The maximum atomic E-state index is 11.3. The number of allylic oxidation sites excluding steroid dienone is 2. The van der Waals surface area contributed by atoms with Gasteiger partial charge in [0.1, 0.15) is 5.76 Å². The molecule has 0 aliphatic heterocycles. The molecule has 5 heteroatoms. The second-order valence-corrected chi connectivity index (χ2v) is 4.27. The van der Waals surface area contributed by atoms with Crippen molar-refractivity contribution in [3.63, 3.8) is 0 Å². The third kappa shape index (κ3) is 1.64. The minimum Gasteiger partial charge on any atom is -0.481 e. The Morgan fingerprint density at radius 3 is 2.61 bits per heavy atom. The number of hydrogen-bond acceptors (Lipinski definition) is 3. The fraction of sp³-hybridized carbons (Fsp3) is 0.231. The summed E-state index contributed by atoms with van der Waals surface area (Å²) < 4.78 is 5.24. The zero-order chi connectivity index (χ0) is 13.3. The normalized spacial score (nSPS) is 26.7. The van der Waals surface area contributed by atoms with Crippen LogP contribution in [0.15, 0.2) is 46.6 Å². The predicted octanol–water partition coefficient (Wildman–Crippen LogP) is 1.82. The predicted molar refractivity (Wildman–Crippen MR) is 62.0 cm³/mol. The largest absolute Gasteiger partial charge is 0.481 e. The Balaban J connectivity index is 2.62. The number of hydrogen-bond donors (Lipinski definition) is 2. The summed E-state index contributed by atoms with van der Waals surface area (Å²) in [6, 6.07) is 3.20. The van der Waals surface area contributed by atoms with E-state index in [0.29, 0.717) is 5.76 Å². The molecule has 0 spiro atoms. The lowest BCUT2D eigenvalue weighted by Crippen LogP contribution is -2.41. The van der Waals surface area contributed by atoms with Gasteiger partial charge < -0.3 is 14.6 Å². The van der Waals surface area contributed by atoms with Crippen LogP contribution in [0.25, 0.3) is 0 Å². The average Bonchev–Trinajstić information content (AvgIpc) is 2.82. The van der Waals surface area contributed by atoms with E-state index in [-0.39, 0.29) is 5.57 Å². The number of carboxylic acids is 2. The van der Waals surface area contributed by atoms with E-state index in [1.54, 1.807) is 19.1 Å². The SMILES string of the molecule is CC1(c2ccco2)C(C(=O)O)=CC=CC1C(=O)O. The summed E-state index contributed by atoms with van der Waals surface area (Å²) >= 11 is 0. The van der Waals surface area contributed by atoms with Crippen molar-refractivity contribution in [1.29, 1.82) is 0 Å². The average molecular weight is 248 g/mol. The van der Waals surface area contributed by atoms with Gasteiger partial charge in [0.05, 0.1) is 23.2 Å². The van der Waals surface area contributed by atoms with Gasteiger partial charge in [-0.05, 0) is 19.1 Å². The molecule has 0 fully saturated rings. The molecule has 0 saturated carbocycles. The lowest BCUT2D eigenvalue weighted by molar-refractivity contribution is -0.142. The van der Waals surface area contributed by atoms with Gasteiger partial charge in [-0.1, -0.05) is 18.2 Å². The van der Waals surface area contributed by atoms with Crippen LogP contribution in [-0.2, 0) is 15.0 Å². The van der Waals surface area contributed by atoms with E-state index in [0.717, 1.165) is 0 Å². The van der Waals surface area contributed by atoms with Crippen LogP contribution in [0.5, 0.6) is 0 Å². The zero-order valence-corrected chi connectivity index (χ0v) is 9.66. The van der Waals surface area contributed by atoms with E-state index in [2.05, 4.69) is 0 Å². The molecule has 0 saturated heterocycles. The second-order valence-electron chi connectivity index (χ2n) is 4.27. The smallest absolute Gasteiger partial charge is 0.332 e. The molecule has 1 aliphatic rings. The van der Waals surface area contributed by atoms with E-state index in [4.69, 9.17) is 4.42 Å². The van der Waals surface area contributed by atoms with Gasteiger partial charge in [-0.25, -0.2) is 4.79 Å². The van der Waals surface area contributed by atoms with Crippen molar-refractivity contribution >= 4 is 11.9 Å². The second kappa shape index (κ2) is 4.18. The molecular formula is C13H12O5. The molecule has 18 heavy (non-hydrogen) atoms. The summed E-state index contributed by atoms with van der Waals surface area (Å²) in [5.41, 5.74) is -1.21. The van der Waals surface area contributed by atoms with Crippen LogP contribution in [0, 0.1) is 5.92 Å². The summed E-state index contributed by atoms with van der Waals surface area (Å²) in [6.07, 6.45) is 5.73. The van der Waals surface area contributed by atoms with E-state index < -0.39 is 23.3 Å². The van der Waals surface area contributed by atoms with Crippen molar-refractivity contribution < 1.29 is 24.2 Å². The van der Waals surface area contributed by atoms with Crippen LogP contribution in [0.4, 0.5) is 0 Å². The lowest BCUT2D eigenvalue weighted by Gasteiger charge is -2.34. The van der Waals surface area contributed by atoms with Crippen LogP contribution >= 0.6 is 0 Å². The molecule has 1 heterocycles. The highest BCUT2D eigenvalue weighted by atomic mass is 16.4. The van der Waals surface area contributed by atoms with Gasteiger partial charge in [0, 0.05) is 0 Å². The van der Waals surface area contributed by atoms with Crippen LogP contribution in [-0.4, -0.2) is 22.2 Å². The first-order valence-corrected chi connectivity index (χ1v) is 5.37. The quantitative estimate of drug-likeness (QED) is 0.851. The number of aliphatic carboxylic acids is 2. The summed E-state index contributed by atoms with van der Waals surface area (Å²) in [6.45, 7) is 1.56. The summed E-state index contributed by atoms with van der Waals surface area (Å²) in [5, 5.41) is 18.5. The van der Waals surface area contributed by atoms with E-state index in [1.165, 1.54) is 24.5 Å². The first kappa shape index (κ1) is 12.2. The van der Waals surface area contributed by atoms with Crippen molar-refractivity contribution in [3.05, 3.63) is 48.0 Å². The van der Waals surface area contributed by atoms with Crippen molar-refractivity contribution in [2.75, 3.05) is 0 Å². The first-order chi connectivity index (χ1) is 8.48. The topological polar surface area (TPSA) is 87.7 Å². The molecule has 2 unspecified atom stereocenters. The van der Waals surface area contributed by atoms with Gasteiger partial charge in [0.2, 0.25) is 0 Å². The highest BCUT2D eigenvalue weighted by molar-refractivity contribution is 5.93. The Bertz CT molecular complexity index is 538. The minimum atomic E-state index is -1.21. The molecule has 5 nitrogen and oxygen atoms in total. The van der Waals surface area contributed by atoms with Gasteiger partial charge in [0.25, 0.3) is 0 Å². The Labute approximate surface area is 103 Å². The number of carboxylic acid groups (broad SMARTS) is 2. The monoisotopic (exact) mass is 248 g/mol. The summed E-state index contributed by atoms with van der Waals surface area (Å²) in [7, 11) is 0. The maximum Gasteiger partial charge on any atom is 0.332 e. The molecular weight excluding hydrogens is 236 g/mol. The third-order valence-electron chi connectivity index (χ3n) is 3.28. The van der Waals surface area contributed by atoms with Crippen molar-refractivity contribution in [2.24, 2.45) is 5.92 Å². The first-order valence-electron chi connectivity index (χ1n) is 5.37. The fourth-order valence-corrected chi connectivity index (χ4v) is 2.28. The molecule has 1 aliphatic carbocycles. The standard InChI is InChI=1S/C13H12O5/c1-13(10-6-3-7-18-10)8(11(14)15)4-2-5-9(13)12(16)17/h2-8H,1H3,(H,14,15)(H,16,17). The molecule has 0 bridgehead atoms. The van der Waals surface area contributed by atoms with Gasteiger partial charge in [-0.3, -0.25) is 4.79 Å². The van der Waals surface area contributed by atoms with Crippen LogP contribution in [0.1, 0.15) is 12.7 Å². The fourth-order valence-electron chi connectivity index (χ4n) is 2.28. The van der Waals surface area contributed by atoms with Crippen molar-refractivity contribution in [3.8, 4) is 0 Å². The van der Waals surface area contributed by atoms with Crippen LogP contribution in [0.3, 0.4) is 0 Å². The van der Waals surface area contributed by atoms with Gasteiger partial charge in [-0.15, -0.1) is 0 Å². The Kier molecular flexibility index (Phi) is 2.82. The number of carbonyl (C=O) groups is 2. The minimum absolute atomic E-state index is 0.00681. The Morgan fingerprint density at radius 2 is 2.11 bits per heavy atom. The van der Waals surface area contributed by atoms with Crippen molar-refractivity contribution in [1.82, 2.24) is 0 Å². The zero-order valence-electron chi connectivity index (χ0n) is 9.66. The molecule has 0 radical (unpaired) electrons. The van der Waals surface area contributed by atoms with E-state index >= 15 is 0 Å². The Morgan fingerprint density at radius 1 is 1.39 bits per heavy atom. The maximum absolute atomic E-state index is 11.3. The molecule has 2 N–H and O–H groups in total. The van der Waals surface area contributed by atoms with Gasteiger partial charge in [0.15, 0.2) is 0 Å². The third-order valence-corrected chi connectivity index (χ3v) is 3.28. The molecule has 94 valence electrons. The van der Waals surface area contributed by atoms with Gasteiger partial charge in [-0.2, -0.15) is 0 Å². The van der Waals surface area contributed by atoms with E-state index in [9.17, 15) is 19.8 Å². The Hall–Kier alpha value is -2.30. The lowest BCUT2D eigenvalue weighted by atomic mass is 9.67. The molecule has 1 aromatic rings. The summed E-state index contributed by atoms with van der Waals surface area (Å²) in [5.74, 6) is -2.88. The van der Waals surface area contributed by atoms with Crippen molar-refractivity contribution in [2.45, 2.75) is 12.3 Å². The van der Waals surface area contributed by atoms with Gasteiger partial charge >= 0.3 is 11.9 Å². The highest BCUT2D eigenvalue weighted by Crippen LogP contribution is 2.42. The summed E-state index contributed by atoms with van der Waals surface area (Å²) in [4.78, 5) is 22.6. The molecule has 2 rings (SSSR count). The van der Waals surface area contributed by atoms with Crippen LogP contribution in [0.2, 0.25) is 0 Å². The number of rotatable bonds is 3. The van der Waals surface area contributed by atoms with E-state index in [1.807, 2.05) is 0 Å². The molecule has 0 amide bonds. The number of furan rings is 1. The highest BCUT2D eigenvalue weighted by Gasteiger charge is 2.48. The molecule has 0 aromatic carbocycles. The van der Waals surface area contributed by atoms with Crippen LogP contribution < -0.4 is 0 Å².